The maximum absolute atomic E-state index is 12.4. The molecule has 2 aromatic carbocycles. The van der Waals surface area contributed by atoms with Gasteiger partial charge in [-0.2, -0.15) is 0 Å². The summed E-state index contributed by atoms with van der Waals surface area (Å²) < 4.78 is 0. The normalized spacial score (nSPS) is 19.8. The molecule has 0 spiro atoms. The van der Waals surface area contributed by atoms with Crippen LogP contribution in [0.25, 0.3) is 0 Å². The van der Waals surface area contributed by atoms with E-state index in [0.29, 0.717) is 6.42 Å². The molecule has 0 heterocycles. The number of carbonyl (C=O) groups excluding carboxylic acids is 2. The van der Waals surface area contributed by atoms with Crippen LogP contribution in [-0.2, 0) is 9.59 Å². The fourth-order valence-electron chi connectivity index (χ4n) is 3.03. The second kappa shape index (κ2) is 7.09. The summed E-state index contributed by atoms with van der Waals surface area (Å²) in [5, 5.41) is 5.97. The summed E-state index contributed by atoms with van der Waals surface area (Å²) >= 11 is 0. The lowest BCUT2D eigenvalue weighted by Crippen LogP contribution is -2.29. The molecule has 1 fully saturated rings. The summed E-state index contributed by atoms with van der Waals surface area (Å²) in [6.07, 6.45) is 0.615. The highest BCUT2D eigenvalue weighted by atomic mass is 16.2. The van der Waals surface area contributed by atoms with E-state index in [1.807, 2.05) is 69.3 Å². The molecule has 0 radical (unpaired) electrons. The van der Waals surface area contributed by atoms with E-state index in [4.69, 9.17) is 0 Å². The Morgan fingerprint density at radius 1 is 0.960 bits per heavy atom. The molecule has 0 aliphatic heterocycles. The Morgan fingerprint density at radius 3 is 2.36 bits per heavy atom. The zero-order valence-corrected chi connectivity index (χ0v) is 14.9. The fourth-order valence-corrected chi connectivity index (χ4v) is 3.03. The molecule has 2 aromatic rings. The highest BCUT2D eigenvalue weighted by molar-refractivity contribution is 6.00. The average Bonchev–Trinajstić information content (AvgIpc) is 3.40. The van der Waals surface area contributed by atoms with Crippen molar-refractivity contribution >= 4 is 17.5 Å². The maximum Gasteiger partial charge on any atom is 0.228 e. The first-order chi connectivity index (χ1) is 12.0. The van der Waals surface area contributed by atoms with E-state index in [9.17, 15) is 9.59 Å². The number of nitrogens with one attached hydrogen (secondary N) is 2. The molecule has 0 aromatic heterocycles. The van der Waals surface area contributed by atoms with Crippen LogP contribution in [0.3, 0.4) is 0 Å². The lowest BCUT2D eigenvalue weighted by molar-refractivity contribution is -0.125. The number of hydrogen-bond acceptors (Lipinski definition) is 2. The Labute approximate surface area is 148 Å². The topological polar surface area (TPSA) is 58.2 Å². The Morgan fingerprint density at radius 2 is 1.64 bits per heavy atom. The van der Waals surface area contributed by atoms with Crippen molar-refractivity contribution in [3.8, 4) is 0 Å². The van der Waals surface area contributed by atoms with Gasteiger partial charge in [-0.05, 0) is 49.9 Å². The smallest absolute Gasteiger partial charge is 0.228 e. The molecule has 3 rings (SSSR count). The van der Waals surface area contributed by atoms with Crippen LogP contribution in [0.4, 0.5) is 5.69 Å². The van der Waals surface area contributed by atoms with Crippen LogP contribution in [0, 0.1) is 25.7 Å². The third-order valence-corrected chi connectivity index (χ3v) is 4.98. The Bertz CT molecular complexity index is 786. The monoisotopic (exact) mass is 336 g/mol. The Kier molecular flexibility index (Phi) is 4.88. The van der Waals surface area contributed by atoms with Gasteiger partial charge in [0.25, 0.3) is 0 Å². The molecule has 0 bridgehead atoms. The molecule has 3 atom stereocenters. The molecule has 1 aliphatic rings. The molecular weight excluding hydrogens is 312 g/mol. The van der Waals surface area contributed by atoms with Gasteiger partial charge in [0.05, 0.1) is 17.9 Å². The standard InChI is InChI=1S/C21H24N2O2/c1-13-8-7-11-19(14(13)2)23-21(25)18-12-17(18)20(24)22-15(3)16-9-5-4-6-10-16/h4-11,15,17-18H,12H2,1-3H3,(H,22,24)(H,23,25). The fraction of sp³-hybridized carbons (Fsp3) is 0.333. The largest absolute Gasteiger partial charge is 0.349 e. The Balaban J connectivity index is 1.56. The average molecular weight is 336 g/mol. The minimum absolute atomic E-state index is 0.0440. The molecule has 25 heavy (non-hydrogen) atoms. The number of carbonyl (C=O) groups is 2. The maximum atomic E-state index is 12.4. The molecule has 3 unspecified atom stereocenters. The van der Waals surface area contributed by atoms with Crippen molar-refractivity contribution in [1.29, 1.82) is 0 Å². The van der Waals surface area contributed by atoms with E-state index in [-0.39, 0.29) is 29.7 Å². The highest BCUT2D eigenvalue weighted by Gasteiger charge is 2.48. The summed E-state index contributed by atoms with van der Waals surface area (Å²) in [5.74, 6) is -0.571. The molecule has 130 valence electrons. The van der Waals surface area contributed by atoms with Crippen molar-refractivity contribution in [2.45, 2.75) is 33.2 Å². The predicted octanol–water partition coefficient (Wildman–Crippen LogP) is 3.76. The lowest BCUT2D eigenvalue weighted by Gasteiger charge is -2.14. The van der Waals surface area contributed by atoms with E-state index in [1.165, 1.54) is 0 Å². The SMILES string of the molecule is Cc1cccc(NC(=O)C2CC2C(=O)NC(C)c2ccccc2)c1C. The third-order valence-electron chi connectivity index (χ3n) is 4.98. The van der Waals surface area contributed by atoms with Crippen LogP contribution >= 0.6 is 0 Å². The molecule has 2 amide bonds. The minimum atomic E-state index is -0.233. The van der Waals surface area contributed by atoms with Crippen molar-refractivity contribution in [2.24, 2.45) is 11.8 Å². The second-order valence-electron chi connectivity index (χ2n) is 6.83. The highest BCUT2D eigenvalue weighted by Crippen LogP contribution is 2.40. The van der Waals surface area contributed by atoms with Gasteiger partial charge in [0.1, 0.15) is 0 Å². The van der Waals surface area contributed by atoms with Gasteiger partial charge in [0.2, 0.25) is 11.8 Å². The number of rotatable bonds is 5. The zero-order chi connectivity index (χ0) is 18.0. The number of anilines is 1. The molecule has 1 aliphatic carbocycles. The number of benzene rings is 2. The molecule has 4 nitrogen and oxygen atoms in total. The third kappa shape index (κ3) is 3.90. The van der Waals surface area contributed by atoms with Gasteiger partial charge in [0.15, 0.2) is 0 Å². The van der Waals surface area contributed by atoms with Gasteiger partial charge in [-0.1, -0.05) is 42.5 Å². The van der Waals surface area contributed by atoms with E-state index in [1.54, 1.807) is 0 Å². The van der Waals surface area contributed by atoms with E-state index in [0.717, 1.165) is 22.4 Å². The molecule has 1 saturated carbocycles. The first-order valence-electron chi connectivity index (χ1n) is 8.69. The quantitative estimate of drug-likeness (QED) is 0.873. The summed E-state index contributed by atoms with van der Waals surface area (Å²) in [6, 6.07) is 15.6. The predicted molar refractivity (Wildman–Crippen MR) is 99.1 cm³/mol. The minimum Gasteiger partial charge on any atom is -0.349 e. The molecular formula is C21H24N2O2. The molecule has 0 saturated heterocycles. The van der Waals surface area contributed by atoms with E-state index < -0.39 is 0 Å². The van der Waals surface area contributed by atoms with Crippen LogP contribution in [0.1, 0.15) is 36.1 Å². The second-order valence-corrected chi connectivity index (χ2v) is 6.83. The van der Waals surface area contributed by atoms with Gasteiger partial charge in [0, 0.05) is 5.69 Å². The van der Waals surface area contributed by atoms with E-state index >= 15 is 0 Å². The van der Waals surface area contributed by atoms with Gasteiger partial charge >= 0.3 is 0 Å². The number of hydrogen-bond donors (Lipinski definition) is 2. The molecule has 4 heteroatoms. The van der Waals surface area contributed by atoms with Crippen molar-refractivity contribution < 1.29 is 9.59 Å². The van der Waals surface area contributed by atoms with E-state index in [2.05, 4.69) is 10.6 Å². The van der Waals surface area contributed by atoms with Crippen molar-refractivity contribution in [3.05, 3.63) is 65.2 Å². The van der Waals surface area contributed by atoms with Crippen LogP contribution in [0.5, 0.6) is 0 Å². The first kappa shape index (κ1) is 17.2. The summed E-state index contributed by atoms with van der Waals surface area (Å²) in [4.78, 5) is 24.8. The van der Waals surface area contributed by atoms with Crippen LogP contribution in [-0.4, -0.2) is 11.8 Å². The van der Waals surface area contributed by atoms with Crippen LogP contribution in [0.2, 0.25) is 0 Å². The van der Waals surface area contributed by atoms with Gasteiger partial charge < -0.3 is 10.6 Å². The van der Waals surface area contributed by atoms with Gasteiger partial charge in [-0.3, -0.25) is 9.59 Å². The van der Waals surface area contributed by atoms with Crippen molar-refractivity contribution in [2.75, 3.05) is 5.32 Å². The summed E-state index contributed by atoms with van der Waals surface area (Å²) in [7, 11) is 0. The summed E-state index contributed by atoms with van der Waals surface area (Å²) in [6.45, 7) is 5.97. The van der Waals surface area contributed by atoms with Crippen molar-refractivity contribution in [1.82, 2.24) is 5.32 Å². The number of amides is 2. The summed E-state index contributed by atoms with van der Waals surface area (Å²) in [5.41, 5.74) is 4.09. The molecule has 2 N–H and O–H groups in total. The van der Waals surface area contributed by atoms with Gasteiger partial charge in [-0.25, -0.2) is 0 Å². The van der Waals surface area contributed by atoms with Crippen LogP contribution in [0.15, 0.2) is 48.5 Å². The van der Waals surface area contributed by atoms with Crippen molar-refractivity contribution in [3.63, 3.8) is 0 Å². The zero-order valence-electron chi connectivity index (χ0n) is 14.9. The lowest BCUT2D eigenvalue weighted by atomic mass is 10.1. The number of aryl methyl sites for hydroxylation is 1. The first-order valence-corrected chi connectivity index (χ1v) is 8.69. The Hall–Kier alpha value is -2.62. The van der Waals surface area contributed by atoms with Gasteiger partial charge in [-0.15, -0.1) is 0 Å². The van der Waals surface area contributed by atoms with Crippen LogP contribution < -0.4 is 10.6 Å².